The monoisotopic (exact) mass is 304 g/mol. The molecule has 0 bridgehead atoms. The van der Waals surface area contributed by atoms with Gasteiger partial charge in [-0.15, -0.1) is 11.3 Å². The first-order valence-electron chi connectivity index (χ1n) is 5.38. The highest BCUT2D eigenvalue weighted by Gasteiger charge is 2.23. The molecule has 0 aliphatic rings. The van der Waals surface area contributed by atoms with Gasteiger partial charge in [0.1, 0.15) is 0 Å². The van der Waals surface area contributed by atoms with E-state index in [1.54, 1.807) is 11.3 Å². The number of thiophene rings is 1. The summed E-state index contributed by atoms with van der Waals surface area (Å²) < 4.78 is 0.749. The van der Waals surface area contributed by atoms with Crippen LogP contribution in [0, 0.1) is 5.92 Å². The summed E-state index contributed by atoms with van der Waals surface area (Å²) in [7, 11) is 0. The Morgan fingerprint density at radius 1 is 1.38 bits per heavy atom. The molecule has 1 aromatic heterocycles. The van der Waals surface area contributed by atoms with Crippen LogP contribution in [0.5, 0.6) is 0 Å². The van der Waals surface area contributed by atoms with Crippen LogP contribution in [-0.4, -0.2) is 11.1 Å². The second-order valence-corrected chi connectivity index (χ2v) is 7.02. The van der Waals surface area contributed by atoms with Crippen LogP contribution in [0.2, 0.25) is 0 Å². The van der Waals surface area contributed by atoms with Crippen LogP contribution >= 0.6 is 27.3 Å². The van der Waals surface area contributed by atoms with E-state index >= 15 is 0 Å². The van der Waals surface area contributed by atoms with Crippen molar-refractivity contribution in [3.63, 3.8) is 0 Å². The fraction of sp³-hybridized carbons (Fsp3) is 0.583. The van der Waals surface area contributed by atoms with Gasteiger partial charge in [-0.1, -0.05) is 27.7 Å². The maximum atomic E-state index is 11.2. The van der Waals surface area contributed by atoms with Crippen molar-refractivity contribution in [2.75, 3.05) is 0 Å². The molecule has 1 aromatic rings. The molecule has 0 saturated carbocycles. The summed E-state index contributed by atoms with van der Waals surface area (Å²) in [5.74, 6) is 0.0194. The Bertz CT molecular complexity index is 394. The number of carboxylic acids is 1. The van der Waals surface area contributed by atoms with Crippen LogP contribution in [0.3, 0.4) is 0 Å². The average Bonchev–Trinajstić information content (AvgIpc) is 2.41. The lowest BCUT2D eigenvalue weighted by Crippen LogP contribution is -2.05. The zero-order valence-electron chi connectivity index (χ0n) is 10.0. The third-order valence-electron chi connectivity index (χ3n) is 2.35. The zero-order chi connectivity index (χ0) is 12.5. The quantitative estimate of drug-likeness (QED) is 0.887. The molecule has 0 spiro atoms. The second-order valence-electron chi connectivity index (χ2n) is 4.65. The molecule has 0 saturated heterocycles. The van der Waals surface area contributed by atoms with Crippen LogP contribution in [0.1, 0.15) is 54.4 Å². The van der Waals surface area contributed by atoms with Crippen molar-refractivity contribution >= 4 is 33.2 Å². The largest absolute Gasteiger partial charge is 0.478 e. The van der Waals surface area contributed by atoms with Gasteiger partial charge in [0.2, 0.25) is 0 Å². The van der Waals surface area contributed by atoms with Crippen molar-refractivity contribution in [3.05, 3.63) is 19.8 Å². The van der Waals surface area contributed by atoms with Gasteiger partial charge < -0.3 is 5.11 Å². The maximum Gasteiger partial charge on any atom is 0.338 e. The van der Waals surface area contributed by atoms with Crippen molar-refractivity contribution in [2.45, 2.75) is 40.0 Å². The summed E-state index contributed by atoms with van der Waals surface area (Å²) in [6.07, 6.45) is 0.831. The SMILES string of the molecule is CC(C)Cc1c(C(C)C)sc(Br)c1C(=O)O. The van der Waals surface area contributed by atoms with E-state index < -0.39 is 5.97 Å². The van der Waals surface area contributed by atoms with E-state index in [-0.39, 0.29) is 0 Å². The zero-order valence-corrected chi connectivity index (χ0v) is 12.4. The number of aromatic carboxylic acids is 1. The van der Waals surface area contributed by atoms with Crippen LogP contribution < -0.4 is 0 Å². The third-order valence-corrected chi connectivity index (χ3v) is 4.55. The summed E-state index contributed by atoms with van der Waals surface area (Å²) in [6, 6.07) is 0. The molecule has 0 aromatic carbocycles. The topological polar surface area (TPSA) is 37.3 Å². The lowest BCUT2D eigenvalue weighted by Gasteiger charge is -2.10. The molecule has 0 radical (unpaired) electrons. The minimum atomic E-state index is -0.828. The molecule has 1 rings (SSSR count). The molecule has 2 nitrogen and oxygen atoms in total. The summed E-state index contributed by atoms with van der Waals surface area (Å²) in [6.45, 7) is 8.43. The van der Waals surface area contributed by atoms with Crippen molar-refractivity contribution < 1.29 is 9.90 Å². The lowest BCUT2D eigenvalue weighted by molar-refractivity contribution is 0.0695. The van der Waals surface area contributed by atoms with E-state index in [2.05, 4.69) is 43.6 Å². The van der Waals surface area contributed by atoms with Crippen LogP contribution in [-0.2, 0) is 6.42 Å². The Kier molecular flexibility index (Phi) is 4.56. The standard InChI is InChI=1S/C12H17BrO2S/c1-6(2)5-8-9(12(14)15)11(13)16-10(8)7(3)4/h6-7H,5H2,1-4H3,(H,14,15). The van der Waals surface area contributed by atoms with Gasteiger partial charge in [-0.3, -0.25) is 0 Å². The van der Waals surface area contributed by atoms with Gasteiger partial charge in [-0.2, -0.15) is 0 Å². The van der Waals surface area contributed by atoms with Crippen LogP contribution in [0.15, 0.2) is 3.79 Å². The Balaban J connectivity index is 3.31. The smallest absolute Gasteiger partial charge is 0.338 e. The van der Waals surface area contributed by atoms with Gasteiger partial charge in [-0.05, 0) is 39.8 Å². The third kappa shape index (κ3) is 2.86. The first-order valence-corrected chi connectivity index (χ1v) is 6.99. The van der Waals surface area contributed by atoms with E-state index in [1.807, 2.05) is 0 Å². The molecule has 1 heterocycles. The molecule has 0 amide bonds. The van der Waals surface area contributed by atoms with Crippen LogP contribution in [0.25, 0.3) is 0 Å². The summed E-state index contributed by atoms with van der Waals surface area (Å²) in [5.41, 5.74) is 1.47. The summed E-state index contributed by atoms with van der Waals surface area (Å²) >= 11 is 4.92. The Morgan fingerprint density at radius 2 is 1.94 bits per heavy atom. The van der Waals surface area contributed by atoms with Crippen molar-refractivity contribution in [3.8, 4) is 0 Å². The second kappa shape index (κ2) is 5.32. The van der Waals surface area contributed by atoms with E-state index in [1.165, 1.54) is 4.88 Å². The summed E-state index contributed by atoms with van der Waals surface area (Å²) in [4.78, 5) is 12.4. The fourth-order valence-electron chi connectivity index (χ4n) is 1.74. The average molecular weight is 305 g/mol. The fourth-order valence-corrected chi connectivity index (χ4v) is 3.72. The van der Waals surface area contributed by atoms with Crippen molar-refractivity contribution in [1.29, 1.82) is 0 Å². The van der Waals surface area contributed by atoms with Crippen LogP contribution in [0.4, 0.5) is 0 Å². The number of hydrogen-bond acceptors (Lipinski definition) is 2. The first kappa shape index (κ1) is 13.7. The Hall–Kier alpha value is -0.350. The number of halogens is 1. The van der Waals surface area contributed by atoms with E-state index in [4.69, 9.17) is 0 Å². The Morgan fingerprint density at radius 3 is 2.31 bits per heavy atom. The first-order chi connectivity index (χ1) is 7.34. The summed E-state index contributed by atoms with van der Waals surface area (Å²) in [5, 5.41) is 9.23. The molecule has 16 heavy (non-hydrogen) atoms. The van der Waals surface area contributed by atoms with Gasteiger partial charge in [0.15, 0.2) is 0 Å². The van der Waals surface area contributed by atoms with E-state index in [0.29, 0.717) is 17.4 Å². The van der Waals surface area contributed by atoms with Gasteiger partial charge in [0, 0.05) is 4.88 Å². The molecular formula is C12H17BrO2S. The highest BCUT2D eigenvalue weighted by molar-refractivity contribution is 9.11. The molecule has 0 aliphatic heterocycles. The number of hydrogen-bond donors (Lipinski definition) is 1. The van der Waals surface area contributed by atoms with E-state index in [0.717, 1.165) is 15.8 Å². The van der Waals surface area contributed by atoms with Gasteiger partial charge in [0.25, 0.3) is 0 Å². The van der Waals surface area contributed by atoms with Crippen molar-refractivity contribution in [2.24, 2.45) is 5.92 Å². The van der Waals surface area contributed by atoms with E-state index in [9.17, 15) is 9.90 Å². The molecule has 90 valence electrons. The van der Waals surface area contributed by atoms with Gasteiger partial charge in [-0.25, -0.2) is 4.79 Å². The highest BCUT2D eigenvalue weighted by atomic mass is 79.9. The molecule has 4 heteroatoms. The predicted molar refractivity (Wildman–Crippen MR) is 71.6 cm³/mol. The van der Waals surface area contributed by atoms with Gasteiger partial charge >= 0.3 is 5.97 Å². The minimum absolute atomic E-state index is 0.378. The molecule has 1 N–H and O–H groups in total. The number of rotatable bonds is 4. The van der Waals surface area contributed by atoms with Gasteiger partial charge in [0.05, 0.1) is 9.35 Å². The maximum absolute atomic E-state index is 11.2. The Labute approximate surface area is 109 Å². The lowest BCUT2D eigenvalue weighted by atomic mass is 9.96. The normalized spacial score (nSPS) is 11.4. The molecule has 0 aliphatic carbocycles. The molecule has 0 unspecified atom stereocenters. The predicted octanol–water partition coefficient (Wildman–Crippen LogP) is 4.53. The minimum Gasteiger partial charge on any atom is -0.478 e. The molecule has 0 atom stereocenters. The number of carboxylic acid groups (broad SMARTS) is 1. The highest BCUT2D eigenvalue weighted by Crippen LogP contribution is 2.38. The van der Waals surface area contributed by atoms with Crippen molar-refractivity contribution in [1.82, 2.24) is 0 Å². The molecular weight excluding hydrogens is 288 g/mol. The number of carbonyl (C=O) groups is 1. The molecule has 0 fully saturated rings.